The standard InChI is InChI=1S/C10H14N2O6P2S2/c11-7(9(13)14)1-3-21-22-4-2-8(10(15)16)12(5-19-17)6-20-18/h7-8H,1-4,11H2,(H,13,14)(H,15,16)/t7-,8-/m0/s1. The Labute approximate surface area is 137 Å². The van der Waals surface area contributed by atoms with Crippen molar-refractivity contribution in [2.45, 2.75) is 24.9 Å². The van der Waals surface area contributed by atoms with Gasteiger partial charge in [0.2, 0.25) is 0 Å². The van der Waals surface area contributed by atoms with E-state index in [9.17, 15) is 18.7 Å². The predicted molar refractivity (Wildman–Crippen MR) is 86.0 cm³/mol. The topological polar surface area (TPSA) is 138 Å². The monoisotopic (exact) mass is 384 g/mol. The number of aliphatic carboxylic acids is 2. The van der Waals surface area contributed by atoms with E-state index >= 15 is 0 Å². The number of nitrogens with two attached hydrogens (primary N) is 1. The molecule has 0 aromatic carbocycles. The normalized spacial score (nSPS) is 12.8. The molecule has 0 heterocycles. The molecule has 0 aromatic heterocycles. The summed E-state index contributed by atoms with van der Waals surface area (Å²) in [6.07, 6.45) is 0.498. The molecule has 0 bridgehead atoms. The van der Waals surface area contributed by atoms with E-state index in [1.807, 2.05) is 0 Å². The summed E-state index contributed by atoms with van der Waals surface area (Å²) < 4.78 is 21.0. The van der Waals surface area contributed by atoms with Crippen LogP contribution in [0, 0.1) is 11.5 Å². The Morgan fingerprint density at radius 2 is 1.55 bits per heavy atom. The molecular weight excluding hydrogens is 370 g/mol. The van der Waals surface area contributed by atoms with Gasteiger partial charge in [-0.3, -0.25) is 0 Å². The molecular formula is C10H14N2O6P2S2. The zero-order chi connectivity index (χ0) is 17.0. The first-order valence-electron chi connectivity index (χ1n) is 5.84. The molecule has 8 nitrogen and oxygen atoms in total. The van der Waals surface area contributed by atoms with E-state index < -0.39 is 39.9 Å². The van der Waals surface area contributed by atoms with Crippen LogP contribution in [0.3, 0.4) is 0 Å². The van der Waals surface area contributed by atoms with Gasteiger partial charge < -0.3 is 0 Å². The second-order valence-corrected chi connectivity index (χ2v) is 7.24. The van der Waals surface area contributed by atoms with Gasteiger partial charge in [0.15, 0.2) is 0 Å². The van der Waals surface area contributed by atoms with Crippen LogP contribution in [-0.2, 0) is 18.7 Å². The molecule has 22 heavy (non-hydrogen) atoms. The Balaban J connectivity index is 4.26. The summed E-state index contributed by atoms with van der Waals surface area (Å²) in [6.45, 7) is 0. The summed E-state index contributed by atoms with van der Waals surface area (Å²) in [5.74, 6) is 3.12. The third-order valence-corrected chi connectivity index (χ3v) is 5.35. The van der Waals surface area contributed by atoms with E-state index in [1.165, 1.54) is 21.6 Å². The molecule has 0 saturated carbocycles. The van der Waals surface area contributed by atoms with Gasteiger partial charge in [0.05, 0.1) is 0 Å². The van der Waals surface area contributed by atoms with Crippen molar-refractivity contribution in [2.24, 2.45) is 5.73 Å². The number of carboxylic acids is 2. The minimum absolute atomic E-state index is 0.184. The van der Waals surface area contributed by atoms with E-state index in [0.29, 0.717) is 17.9 Å². The fourth-order valence-corrected chi connectivity index (χ4v) is 4.01. The Morgan fingerprint density at radius 3 is 1.95 bits per heavy atom. The van der Waals surface area contributed by atoms with Gasteiger partial charge in [-0.05, 0) is 0 Å². The summed E-state index contributed by atoms with van der Waals surface area (Å²) in [4.78, 5) is 22.5. The van der Waals surface area contributed by atoms with Crippen LogP contribution in [0.25, 0.3) is 0 Å². The molecule has 0 aliphatic rings. The molecule has 0 saturated heterocycles. The zero-order valence-corrected chi connectivity index (χ0v) is 14.7. The van der Waals surface area contributed by atoms with E-state index in [-0.39, 0.29) is 6.42 Å². The predicted octanol–water partition coefficient (Wildman–Crippen LogP) is 1.73. The van der Waals surface area contributed by atoms with Crippen molar-refractivity contribution in [2.75, 3.05) is 11.5 Å². The van der Waals surface area contributed by atoms with Crippen molar-refractivity contribution in [1.82, 2.24) is 4.90 Å². The summed E-state index contributed by atoms with van der Waals surface area (Å²) in [5.41, 5.74) is 5.34. The molecule has 2 atom stereocenters. The second kappa shape index (κ2) is 13.1. The molecule has 12 heteroatoms. The van der Waals surface area contributed by atoms with Crippen LogP contribution in [0.2, 0.25) is 0 Å². The third-order valence-electron chi connectivity index (χ3n) is 2.28. The molecule has 0 fully saturated rings. The number of hydrogen-bond acceptors (Lipinski definition) is 8. The zero-order valence-electron chi connectivity index (χ0n) is 11.2. The Kier molecular flexibility index (Phi) is 12.8. The molecule has 0 aliphatic heterocycles. The first-order chi connectivity index (χ1) is 10.4. The second-order valence-electron chi connectivity index (χ2n) is 3.77. The Morgan fingerprint density at radius 1 is 1.05 bits per heavy atom. The summed E-state index contributed by atoms with van der Waals surface area (Å²) >= 11 is 0. The van der Waals surface area contributed by atoms with E-state index in [0.717, 1.165) is 4.90 Å². The molecule has 0 spiro atoms. The van der Waals surface area contributed by atoms with Crippen molar-refractivity contribution in [3.05, 3.63) is 0 Å². The summed E-state index contributed by atoms with van der Waals surface area (Å²) in [6, 6.07) is -1.98. The molecule has 122 valence electrons. The van der Waals surface area contributed by atoms with E-state index in [4.69, 9.17) is 15.9 Å². The van der Waals surface area contributed by atoms with Crippen LogP contribution in [0.15, 0.2) is 0 Å². The van der Waals surface area contributed by atoms with E-state index in [1.54, 1.807) is 0 Å². The van der Waals surface area contributed by atoms with Gasteiger partial charge >= 0.3 is 137 Å². The number of carboxylic acid groups (broad SMARTS) is 2. The van der Waals surface area contributed by atoms with Crippen LogP contribution in [0.4, 0.5) is 0 Å². The van der Waals surface area contributed by atoms with Gasteiger partial charge in [-0.2, -0.15) is 0 Å². The molecule has 0 radical (unpaired) electrons. The van der Waals surface area contributed by atoms with Crippen molar-refractivity contribution in [1.29, 1.82) is 0 Å². The molecule has 0 rings (SSSR count). The van der Waals surface area contributed by atoms with Crippen molar-refractivity contribution < 1.29 is 28.9 Å². The first kappa shape index (κ1) is 21.6. The van der Waals surface area contributed by atoms with Gasteiger partial charge in [-0.1, -0.05) is 0 Å². The van der Waals surface area contributed by atoms with Crippen LogP contribution in [-0.4, -0.2) is 50.6 Å². The number of nitrogens with zero attached hydrogens (tertiary/aromatic N) is 1. The quantitative estimate of drug-likeness (QED) is 0.221. The maximum atomic E-state index is 11.1. The van der Waals surface area contributed by atoms with Crippen molar-refractivity contribution >= 4 is 49.4 Å². The Bertz CT molecular complexity index is 564. The number of hydrogen-bond donors (Lipinski definition) is 3. The van der Waals surface area contributed by atoms with Crippen LogP contribution < -0.4 is 5.73 Å². The molecule has 0 aliphatic carbocycles. The van der Waals surface area contributed by atoms with Crippen molar-refractivity contribution in [3.8, 4) is 11.5 Å². The van der Waals surface area contributed by atoms with Gasteiger partial charge in [-0.15, -0.1) is 0 Å². The number of carbonyl (C=O) groups is 2. The van der Waals surface area contributed by atoms with Gasteiger partial charge in [0.25, 0.3) is 0 Å². The number of rotatable bonds is 10. The molecule has 4 N–H and O–H groups in total. The summed E-state index contributed by atoms with van der Waals surface area (Å²) in [5, 5.41) is 17.7. The average Bonchev–Trinajstić information content (AvgIpc) is 2.45. The van der Waals surface area contributed by atoms with Crippen LogP contribution in [0.1, 0.15) is 12.8 Å². The van der Waals surface area contributed by atoms with E-state index in [2.05, 4.69) is 11.5 Å². The fourth-order valence-electron chi connectivity index (χ4n) is 1.19. The van der Waals surface area contributed by atoms with Gasteiger partial charge in [0, 0.05) is 0 Å². The molecule has 0 aromatic rings. The maximum absolute atomic E-state index is 11.1. The summed E-state index contributed by atoms with van der Waals surface area (Å²) in [7, 11) is 1.69. The minimum atomic E-state index is -1.18. The molecule has 0 amide bonds. The van der Waals surface area contributed by atoms with Gasteiger partial charge in [-0.25, -0.2) is 0 Å². The average molecular weight is 384 g/mol. The van der Waals surface area contributed by atoms with Crippen LogP contribution in [0.5, 0.6) is 0 Å². The molecule has 0 unspecified atom stereocenters. The third kappa shape index (κ3) is 9.57. The van der Waals surface area contributed by atoms with Crippen molar-refractivity contribution in [3.63, 3.8) is 0 Å². The SMILES string of the molecule is N[C@@H](CCSSCC[C@@H](C(=O)O)N(C#P=O)C#P=O)C(=O)O. The van der Waals surface area contributed by atoms with Crippen LogP contribution >= 0.6 is 37.4 Å². The Hall–Kier alpha value is -0.420. The fraction of sp³-hybridized carbons (Fsp3) is 0.600. The first-order valence-corrected chi connectivity index (χ1v) is 9.96. The van der Waals surface area contributed by atoms with Gasteiger partial charge in [0.1, 0.15) is 0 Å².